The van der Waals surface area contributed by atoms with Gasteiger partial charge in [-0.15, -0.1) is 0 Å². The molecule has 0 aliphatic heterocycles. The number of benzene rings is 1. The van der Waals surface area contributed by atoms with E-state index in [1.807, 2.05) is 32.9 Å². The lowest BCUT2D eigenvalue weighted by atomic mass is 9.96. The van der Waals surface area contributed by atoms with Gasteiger partial charge in [0.25, 0.3) is 5.56 Å². The second kappa shape index (κ2) is 4.96. The molecule has 0 atom stereocenters. The number of aromatic nitrogens is 1. The van der Waals surface area contributed by atoms with Crippen molar-refractivity contribution in [2.45, 2.75) is 20.8 Å². The summed E-state index contributed by atoms with van der Waals surface area (Å²) in [5.41, 5.74) is 4.44. The number of carbonyl (C=O) groups is 1. The van der Waals surface area contributed by atoms with Crippen molar-refractivity contribution >= 4 is 5.97 Å². The number of hydrogen-bond donors (Lipinski definition) is 1. The fraction of sp³-hybridized carbons (Fsp3) is 0.250. The highest BCUT2D eigenvalue weighted by atomic mass is 16.4. The average Bonchev–Trinajstić information content (AvgIpc) is 2.32. The van der Waals surface area contributed by atoms with Crippen molar-refractivity contribution in [1.29, 1.82) is 0 Å². The van der Waals surface area contributed by atoms with E-state index in [4.69, 9.17) is 5.11 Å². The fourth-order valence-corrected chi connectivity index (χ4v) is 2.58. The summed E-state index contributed by atoms with van der Waals surface area (Å²) < 4.78 is 1.48. The molecular formula is C16H17NO3. The Balaban J connectivity index is 2.82. The zero-order valence-electron chi connectivity index (χ0n) is 12.0. The van der Waals surface area contributed by atoms with Crippen molar-refractivity contribution in [2.75, 3.05) is 0 Å². The van der Waals surface area contributed by atoms with E-state index in [1.54, 1.807) is 13.1 Å². The van der Waals surface area contributed by atoms with Gasteiger partial charge < -0.3 is 9.67 Å². The first-order chi connectivity index (χ1) is 9.31. The third-order valence-corrected chi connectivity index (χ3v) is 3.44. The molecule has 1 aromatic heterocycles. The minimum absolute atomic E-state index is 0.0162. The minimum Gasteiger partial charge on any atom is -0.478 e. The third-order valence-electron chi connectivity index (χ3n) is 3.44. The molecule has 2 aromatic rings. The van der Waals surface area contributed by atoms with Crippen molar-refractivity contribution in [2.24, 2.45) is 7.05 Å². The Morgan fingerprint density at radius 2 is 1.60 bits per heavy atom. The summed E-state index contributed by atoms with van der Waals surface area (Å²) in [4.78, 5) is 23.1. The highest BCUT2D eigenvalue weighted by Crippen LogP contribution is 2.27. The zero-order valence-corrected chi connectivity index (χ0v) is 12.0. The topological polar surface area (TPSA) is 59.3 Å². The second-order valence-corrected chi connectivity index (χ2v) is 5.11. The molecule has 0 saturated heterocycles. The number of aromatic carboxylic acids is 1. The van der Waals surface area contributed by atoms with E-state index < -0.39 is 5.97 Å². The molecule has 4 heteroatoms. The van der Waals surface area contributed by atoms with Crippen LogP contribution in [0.25, 0.3) is 11.3 Å². The van der Waals surface area contributed by atoms with E-state index in [2.05, 4.69) is 0 Å². The molecule has 1 N–H and O–H groups in total. The molecule has 104 valence electrons. The smallest absolute Gasteiger partial charge is 0.335 e. The van der Waals surface area contributed by atoms with E-state index in [1.165, 1.54) is 4.57 Å². The SMILES string of the molecule is Cc1cc(C)c(-c2cc(C(=O)O)cc(=O)n2C)c(C)c1. The summed E-state index contributed by atoms with van der Waals surface area (Å²) in [6.45, 7) is 5.94. The van der Waals surface area contributed by atoms with E-state index >= 15 is 0 Å². The van der Waals surface area contributed by atoms with Gasteiger partial charge in [-0.05, 0) is 38.0 Å². The molecule has 2 rings (SSSR count). The van der Waals surface area contributed by atoms with Crippen molar-refractivity contribution in [3.63, 3.8) is 0 Å². The van der Waals surface area contributed by atoms with E-state index in [-0.39, 0.29) is 11.1 Å². The van der Waals surface area contributed by atoms with Crippen molar-refractivity contribution in [1.82, 2.24) is 4.57 Å². The fourth-order valence-electron chi connectivity index (χ4n) is 2.58. The van der Waals surface area contributed by atoms with E-state index in [0.717, 1.165) is 28.3 Å². The number of pyridine rings is 1. The van der Waals surface area contributed by atoms with Crippen LogP contribution in [0.5, 0.6) is 0 Å². The van der Waals surface area contributed by atoms with Gasteiger partial charge in [0.1, 0.15) is 0 Å². The maximum absolute atomic E-state index is 11.9. The summed E-state index contributed by atoms with van der Waals surface area (Å²) >= 11 is 0. The predicted molar refractivity (Wildman–Crippen MR) is 78.3 cm³/mol. The molecule has 0 amide bonds. The first-order valence-corrected chi connectivity index (χ1v) is 6.34. The van der Waals surface area contributed by atoms with Gasteiger partial charge in [-0.1, -0.05) is 17.7 Å². The Morgan fingerprint density at radius 1 is 1.05 bits per heavy atom. The number of aryl methyl sites for hydroxylation is 3. The van der Waals surface area contributed by atoms with Gasteiger partial charge in [-0.3, -0.25) is 4.79 Å². The van der Waals surface area contributed by atoms with Crippen LogP contribution in [0.4, 0.5) is 0 Å². The van der Waals surface area contributed by atoms with Crippen molar-refractivity contribution in [3.8, 4) is 11.3 Å². The van der Waals surface area contributed by atoms with Crippen LogP contribution in [-0.4, -0.2) is 15.6 Å². The second-order valence-electron chi connectivity index (χ2n) is 5.11. The Hall–Kier alpha value is -2.36. The number of rotatable bonds is 2. The minimum atomic E-state index is -1.09. The number of nitrogens with zero attached hydrogens (tertiary/aromatic N) is 1. The van der Waals surface area contributed by atoms with Crippen molar-refractivity contribution < 1.29 is 9.90 Å². The molecule has 20 heavy (non-hydrogen) atoms. The largest absolute Gasteiger partial charge is 0.478 e. The van der Waals surface area contributed by atoms with E-state index in [0.29, 0.717) is 5.69 Å². The van der Waals surface area contributed by atoms with Gasteiger partial charge in [0.15, 0.2) is 0 Å². The van der Waals surface area contributed by atoms with Gasteiger partial charge in [-0.25, -0.2) is 4.79 Å². The Labute approximate surface area is 117 Å². The molecule has 0 bridgehead atoms. The molecular weight excluding hydrogens is 254 g/mol. The van der Waals surface area contributed by atoms with Gasteiger partial charge in [0.05, 0.1) is 11.3 Å². The van der Waals surface area contributed by atoms with Crippen LogP contribution in [0.15, 0.2) is 29.1 Å². The average molecular weight is 271 g/mol. The molecule has 4 nitrogen and oxygen atoms in total. The summed E-state index contributed by atoms with van der Waals surface area (Å²) in [5, 5.41) is 9.11. The standard InChI is InChI=1S/C16H17NO3/c1-9-5-10(2)15(11(3)6-9)13-7-12(16(19)20)8-14(18)17(13)4/h5-8H,1-4H3,(H,19,20). The molecule has 0 aliphatic rings. The predicted octanol–water partition coefficient (Wildman–Crippen LogP) is 2.68. The normalized spacial score (nSPS) is 10.6. The van der Waals surface area contributed by atoms with Crippen LogP contribution in [0.1, 0.15) is 27.0 Å². The maximum Gasteiger partial charge on any atom is 0.335 e. The lowest BCUT2D eigenvalue weighted by molar-refractivity contribution is 0.0696. The third kappa shape index (κ3) is 2.37. The van der Waals surface area contributed by atoms with Crippen LogP contribution in [0, 0.1) is 20.8 Å². The Bertz CT molecular complexity index is 734. The molecule has 0 radical (unpaired) electrons. The number of carboxylic acid groups (broad SMARTS) is 1. The van der Waals surface area contributed by atoms with Gasteiger partial charge >= 0.3 is 5.97 Å². The molecule has 1 heterocycles. The van der Waals surface area contributed by atoms with Crippen LogP contribution < -0.4 is 5.56 Å². The quantitative estimate of drug-likeness (QED) is 0.913. The first-order valence-electron chi connectivity index (χ1n) is 6.34. The van der Waals surface area contributed by atoms with E-state index in [9.17, 15) is 9.59 Å². The number of hydrogen-bond acceptors (Lipinski definition) is 2. The molecule has 0 aliphatic carbocycles. The lowest BCUT2D eigenvalue weighted by Crippen LogP contribution is -2.20. The monoisotopic (exact) mass is 271 g/mol. The first kappa shape index (κ1) is 14.1. The number of carboxylic acids is 1. The van der Waals surface area contributed by atoms with Crippen molar-refractivity contribution in [3.05, 3.63) is 56.9 Å². The van der Waals surface area contributed by atoms with Crippen LogP contribution in [-0.2, 0) is 7.05 Å². The molecule has 0 fully saturated rings. The summed E-state index contributed by atoms with van der Waals surface area (Å²) in [7, 11) is 1.65. The Kier molecular flexibility index (Phi) is 3.49. The lowest BCUT2D eigenvalue weighted by Gasteiger charge is -2.15. The maximum atomic E-state index is 11.9. The molecule has 0 spiro atoms. The van der Waals surface area contributed by atoms with Gasteiger partial charge in [0.2, 0.25) is 0 Å². The summed E-state index contributed by atoms with van der Waals surface area (Å²) in [6.07, 6.45) is 0. The summed E-state index contributed by atoms with van der Waals surface area (Å²) in [6, 6.07) is 6.75. The van der Waals surface area contributed by atoms with Gasteiger partial charge in [-0.2, -0.15) is 0 Å². The van der Waals surface area contributed by atoms with Crippen LogP contribution >= 0.6 is 0 Å². The molecule has 1 aromatic carbocycles. The summed E-state index contributed by atoms with van der Waals surface area (Å²) in [5.74, 6) is -1.09. The van der Waals surface area contributed by atoms with Gasteiger partial charge in [0, 0.05) is 18.7 Å². The zero-order chi connectivity index (χ0) is 15.0. The molecule has 0 unspecified atom stereocenters. The highest BCUT2D eigenvalue weighted by Gasteiger charge is 2.14. The Morgan fingerprint density at radius 3 is 2.10 bits per heavy atom. The van der Waals surface area contributed by atoms with Crippen LogP contribution in [0.3, 0.4) is 0 Å². The molecule has 0 saturated carbocycles. The highest BCUT2D eigenvalue weighted by molar-refractivity contribution is 5.89. The van der Waals surface area contributed by atoms with Crippen LogP contribution in [0.2, 0.25) is 0 Å².